The molecule has 0 aliphatic carbocycles. The van der Waals surface area contributed by atoms with Gasteiger partial charge in [-0.1, -0.05) is 59.5 Å². The lowest BCUT2D eigenvalue weighted by molar-refractivity contribution is -0.0984. The second-order valence-electron chi connectivity index (χ2n) is 10.4. The predicted octanol–water partition coefficient (Wildman–Crippen LogP) is 4.49. The van der Waals surface area contributed by atoms with Crippen molar-refractivity contribution in [1.29, 1.82) is 0 Å². The van der Waals surface area contributed by atoms with Crippen LogP contribution in [0.4, 0.5) is 5.82 Å². The van der Waals surface area contributed by atoms with Crippen molar-refractivity contribution < 1.29 is 28.6 Å². The molecule has 1 aliphatic heterocycles. The maximum atomic E-state index is 13.1. The van der Waals surface area contributed by atoms with Gasteiger partial charge in [0.2, 0.25) is 5.60 Å². The van der Waals surface area contributed by atoms with Gasteiger partial charge in [0.15, 0.2) is 6.10 Å². The van der Waals surface area contributed by atoms with E-state index in [1.165, 1.54) is 16.8 Å². The van der Waals surface area contributed by atoms with Crippen molar-refractivity contribution in [3.05, 3.63) is 129 Å². The standard InChI is InChI=1S/C34H29N3O7/c1-4-34(21-42-31(39)25-14-10-22(2)11-15-25)27(43-32(40)26-16-12-23(3)13-17-26)20-29(44-34)37-19-18-28(36-33(37)41)35-30(38)24-8-6-5-7-9-24/h1,5-19,27,29H,20-21H2,2-3H3,(H,35,36,38,41)/t27-,29-,34+/m0/s1. The van der Waals surface area contributed by atoms with Gasteiger partial charge in [-0.05, 0) is 56.3 Å². The van der Waals surface area contributed by atoms with E-state index in [1.54, 1.807) is 78.9 Å². The summed E-state index contributed by atoms with van der Waals surface area (Å²) >= 11 is 0. The minimum absolute atomic E-state index is 0.0377. The lowest BCUT2D eigenvalue weighted by Gasteiger charge is -2.28. The molecule has 1 aromatic heterocycles. The number of nitrogens with zero attached hydrogens (tertiary/aromatic N) is 2. The lowest BCUT2D eigenvalue weighted by atomic mass is 9.98. The normalized spacial score (nSPS) is 19.0. The quantitative estimate of drug-likeness (QED) is 0.235. The fourth-order valence-corrected chi connectivity index (χ4v) is 4.66. The Morgan fingerprint density at radius 1 is 0.932 bits per heavy atom. The number of anilines is 1. The maximum Gasteiger partial charge on any atom is 0.351 e. The van der Waals surface area contributed by atoms with Crippen LogP contribution in [0.3, 0.4) is 0 Å². The molecular formula is C34H29N3O7. The van der Waals surface area contributed by atoms with Gasteiger partial charge in [0, 0.05) is 18.2 Å². The molecule has 4 aromatic rings. The molecule has 0 bridgehead atoms. The number of ether oxygens (including phenoxy) is 3. The summed E-state index contributed by atoms with van der Waals surface area (Å²) in [7, 11) is 0. The maximum absolute atomic E-state index is 13.1. The number of amides is 1. The molecule has 1 amide bonds. The molecule has 3 aromatic carbocycles. The summed E-state index contributed by atoms with van der Waals surface area (Å²) in [6, 6.07) is 23.5. The van der Waals surface area contributed by atoms with Gasteiger partial charge in [-0.3, -0.25) is 9.36 Å². The first-order valence-corrected chi connectivity index (χ1v) is 13.8. The number of hydrogen-bond acceptors (Lipinski definition) is 8. The highest BCUT2D eigenvalue weighted by Gasteiger charge is 2.52. The highest BCUT2D eigenvalue weighted by molar-refractivity contribution is 6.03. The van der Waals surface area contributed by atoms with Gasteiger partial charge in [-0.2, -0.15) is 4.98 Å². The summed E-state index contributed by atoms with van der Waals surface area (Å²) in [4.78, 5) is 55.5. The zero-order valence-electron chi connectivity index (χ0n) is 24.1. The Labute approximate surface area is 253 Å². The molecule has 222 valence electrons. The third-order valence-corrected chi connectivity index (χ3v) is 7.19. The molecule has 5 rings (SSSR count). The van der Waals surface area contributed by atoms with Gasteiger partial charge in [-0.25, -0.2) is 14.4 Å². The van der Waals surface area contributed by atoms with Gasteiger partial charge >= 0.3 is 17.6 Å². The second kappa shape index (κ2) is 12.8. The van der Waals surface area contributed by atoms with Crippen LogP contribution in [0.15, 0.2) is 95.9 Å². The summed E-state index contributed by atoms with van der Waals surface area (Å²) in [5, 5.41) is 2.59. The predicted molar refractivity (Wildman–Crippen MR) is 161 cm³/mol. The van der Waals surface area contributed by atoms with Crippen molar-refractivity contribution in [3.63, 3.8) is 0 Å². The lowest BCUT2D eigenvalue weighted by Crippen LogP contribution is -2.45. The topological polar surface area (TPSA) is 126 Å². The van der Waals surface area contributed by atoms with Crippen LogP contribution < -0.4 is 11.0 Å². The van der Waals surface area contributed by atoms with Crippen LogP contribution in [0.2, 0.25) is 0 Å². The molecule has 1 aliphatic rings. The Hall–Kier alpha value is -5.53. The van der Waals surface area contributed by atoms with Crippen LogP contribution in [0.25, 0.3) is 0 Å². The minimum atomic E-state index is -1.72. The van der Waals surface area contributed by atoms with E-state index in [9.17, 15) is 19.2 Å². The van der Waals surface area contributed by atoms with E-state index in [-0.39, 0.29) is 12.2 Å². The van der Waals surface area contributed by atoms with Crippen molar-refractivity contribution in [2.45, 2.75) is 38.2 Å². The van der Waals surface area contributed by atoms with E-state index >= 15 is 0 Å². The van der Waals surface area contributed by atoms with Gasteiger partial charge in [0.25, 0.3) is 5.91 Å². The Morgan fingerprint density at radius 2 is 1.55 bits per heavy atom. The van der Waals surface area contributed by atoms with Crippen LogP contribution >= 0.6 is 0 Å². The summed E-state index contributed by atoms with van der Waals surface area (Å²) in [6.07, 6.45) is 5.17. The third kappa shape index (κ3) is 6.59. The number of carbonyl (C=O) groups is 3. The molecule has 0 radical (unpaired) electrons. The molecule has 0 spiro atoms. The number of terminal acetylenes is 1. The van der Waals surface area contributed by atoms with E-state index in [4.69, 9.17) is 20.6 Å². The molecule has 2 heterocycles. The zero-order valence-corrected chi connectivity index (χ0v) is 24.1. The van der Waals surface area contributed by atoms with E-state index in [2.05, 4.69) is 16.2 Å². The number of nitrogens with one attached hydrogen (secondary N) is 1. The number of benzene rings is 3. The first-order valence-electron chi connectivity index (χ1n) is 13.8. The van der Waals surface area contributed by atoms with Crippen LogP contribution in [-0.4, -0.2) is 45.7 Å². The van der Waals surface area contributed by atoms with Gasteiger partial charge in [-0.15, -0.1) is 6.42 Å². The van der Waals surface area contributed by atoms with Gasteiger partial charge in [0.05, 0.1) is 11.1 Å². The van der Waals surface area contributed by atoms with Crippen molar-refractivity contribution in [2.24, 2.45) is 0 Å². The molecule has 1 N–H and O–H groups in total. The fourth-order valence-electron chi connectivity index (χ4n) is 4.66. The SMILES string of the molecule is C#C[C@]1(COC(=O)c2ccc(C)cc2)O[C@H](n2ccc(NC(=O)c3ccccc3)nc2=O)C[C@@H]1OC(=O)c1ccc(C)cc1. The molecule has 3 atom stereocenters. The van der Waals surface area contributed by atoms with Gasteiger partial charge in [0.1, 0.15) is 18.7 Å². The average molecular weight is 592 g/mol. The van der Waals surface area contributed by atoms with Crippen molar-refractivity contribution in [3.8, 4) is 12.3 Å². The number of rotatable bonds is 8. The summed E-state index contributed by atoms with van der Waals surface area (Å²) in [5.41, 5.74) is 0.464. The Kier molecular flexibility index (Phi) is 8.69. The molecule has 1 fully saturated rings. The zero-order chi connectivity index (χ0) is 31.3. The van der Waals surface area contributed by atoms with Crippen LogP contribution in [0, 0.1) is 26.2 Å². The molecule has 0 saturated carbocycles. The number of aromatic nitrogens is 2. The fraction of sp³-hybridized carbons (Fsp3) is 0.206. The van der Waals surface area contributed by atoms with Crippen LogP contribution in [0.1, 0.15) is 54.8 Å². The molecule has 0 unspecified atom stereocenters. The van der Waals surface area contributed by atoms with Crippen LogP contribution in [-0.2, 0) is 14.2 Å². The van der Waals surface area contributed by atoms with E-state index < -0.39 is 48.1 Å². The van der Waals surface area contributed by atoms with Crippen LogP contribution in [0.5, 0.6) is 0 Å². The van der Waals surface area contributed by atoms with E-state index in [0.717, 1.165) is 11.1 Å². The number of hydrogen-bond donors (Lipinski definition) is 1. The highest BCUT2D eigenvalue weighted by Crippen LogP contribution is 2.39. The Bertz CT molecular complexity index is 1780. The first kappa shape index (κ1) is 29.9. The Balaban J connectivity index is 1.38. The third-order valence-electron chi connectivity index (χ3n) is 7.19. The number of carbonyl (C=O) groups excluding carboxylic acids is 3. The molecule has 44 heavy (non-hydrogen) atoms. The molecule has 1 saturated heterocycles. The number of aryl methyl sites for hydroxylation is 2. The van der Waals surface area contributed by atoms with Gasteiger partial charge < -0.3 is 19.5 Å². The minimum Gasteiger partial charge on any atom is -0.458 e. The summed E-state index contributed by atoms with van der Waals surface area (Å²) in [6.45, 7) is 3.33. The van der Waals surface area contributed by atoms with Crippen molar-refractivity contribution >= 4 is 23.7 Å². The Morgan fingerprint density at radius 3 is 2.14 bits per heavy atom. The first-order chi connectivity index (χ1) is 21.2. The molecular weight excluding hydrogens is 562 g/mol. The van der Waals surface area contributed by atoms with E-state index in [0.29, 0.717) is 16.7 Å². The van der Waals surface area contributed by atoms with E-state index in [1.807, 2.05) is 13.8 Å². The average Bonchev–Trinajstić information content (AvgIpc) is 3.38. The molecule has 10 heteroatoms. The van der Waals surface area contributed by atoms with Crippen molar-refractivity contribution in [2.75, 3.05) is 11.9 Å². The molecule has 10 nitrogen and oxygen atoms in total. The summed E-state index contributed by atoms with van der Waals surface area (Å²) < 4.78 is 18.7. The number of esters is 2. The largest absolute Gasteiger partial charge is 0.458 e. The van der Waals surface area contributed by atoms with Crippen molar-refractivity contribution in [1.82, 2.24) is 9.55 Å². The highest BCUT2D eigenvalue weighted by atomic mass is 16.6. The summed E-state index contributed by atoms with van der Waals surface area (Å²) in [5.74, 6) is 0.815. The monoisotopic (exact) mass is 591 g/mol. The second-order valence-corrected chi connectivity index (χ2v) is 10.4. The smallest absolute Gasteiger partial charge is 0.351 e.